The van der Waals surface area contributed by atoms with E-state index in [-0.39, 0.29) is 0 Å². The molecule has 1 aliphatic rings. The van der Waals surface area contributed by atoms with Gasteiger partial charge >= 0.3 is 0 Å². The van der Waals surface area contributed by atoms with Gasteiger partial charge in [0, 0.05) is 18.7 Å². The zero-order valence-corrected chi connectivity index (χ0v) is 17.4. The highest BCUT2D eigenvalue weighted by Gasteiger charge is 2.21. The van der Waals surface area contributed by atoms with Crippen molar-refractivity contribution in [1.82, 2.24) is 15.8 Å². The van der Waals surface area contributed by atoms with E-state index in [0.717, 1.165) is 18.2 Å². The molecule has 1 aromatic heterocycles. The van der Waals surface area contributed by atoms with Crippen molar-refractivity contribution < 1.29 is 23.8 Å². The van der Waals surface area contributed by atoms with Crippen molar-refractivity contribution in [1.29, 1.82) is 0 Å². The highest BCUT2D eigenvalue weighted by molar-refractivity contribution is 7.17. The maximum absolute atomic E-state index is 12.5. The lowest BCUT2D eigenvalue weighted by Gasteiger charge is -2.25. The van der Waals surface area contributed by atoms with Crippen LogP contribution >= 0.6 is 11.3 Å². The minimum Gasteiger partial charge on any atom is -0.493 e. The number of methoxy groups -OCH3 is 1. The van der Waals surface area contributed by atoms with Gasteiger partial charge in [-0.3, -0.25) is 20.4 Å². The first kappa shape index (κ1) is 20.9. The Morgan fingerprint density at radius 2 is 1.93 bits per heavy atom. The van der Waals surface area contributed by atoms with Crippen LogP contribution in [0.25, 0.3) is 0 Å². The van der Waals surface area contributed by atoms with Gasteiger partial charge in [0.2, 0.25) is 0 Å². The molecule has 2 amide bonds. The number of ether oxygens (including phenoxy) is 3. The minimum absolute atomic E-state index is 0.338. The number of amides is 2. The maximum atomic E-state index is 12.5. The number of hydrogen-bond acceptors (Lipinski definition) is 8. The number of rotatable bonds is 6. The van der Waals surface area contributed by atoms with E-state index in [1.165, 1.54) is 18.4 Å². The van der Waals surface area contributed by atoms with Gasteiger partial charge in [0.25, 0.3) is 11.8 Å². The molecule has 0 saturated carbocycles. The largest absolute Gasteiger partial charge is 0.493 e. The van der Waals surface area contributed by atoms with Gasteiger partial charge in [0.1, 0.15) is 4.88 Å². The van der Waals surface area contributed by atoms with Crippen LogP contribution in [0.5, 0.6) is 11.5 Å². The summed E-state index contributed by atoms with van der Waals surface area (Å²) in [5, 5.41) is 0.777. The Labute approximate surface area is 172 Å². The molecule has 0 atom stereocenters. The van der Waals surface area contributed by atoms with Gasteiger partial charge in [0.15, 0.2) is 16.6 Å². The van der Waals surface area contributed by atoms with Crippen molar-refractivity contribution in [3.05, 3.63) is 34.3 Å². The molecule has 0 unspecified atom stereocenters. The number of hydrogen-bond donors (Lipinski definition) is 2. The van der Waals surface area contributed by atoms with Crippen LogP contribution in [0.1, 0.15) is 32.6 Å². The number of nitrogens with zero attached hydrogens (tertiary/aromatic N) is 2. The summed E-state index contributed by atoms with van der Waals surface area (Å²) in [6.07, 6.45) is 0. The van der Waals surface area contributed by atoms with E-state index in [1.807, 2.05) is 6.92 Å². The van der Waals surface area contributed by atoms with Crippen LogP contribution in [0.2, 0.25) is 0 Å². The molecule has 9 nitrogen and oxygen atoms in total. The summed E-state index contributed by atoms with van der Waals surface area (Å²) in [5.41, 5.74) is 5.84. The predicted octanol–water partition coefficient (Wildman–Crippen LogP) is 1.77. The average molecular weight is 420 g/mol. The van der Waals surface area contributed by atoms with Crippen molar-refractivity contribution >= 4 is 28.3 Å². The molecule has 0 radical (unpaired) electrons. The van der Waals surface area contributed by atoms with Crippen LogP contribution < -0.4 is 25.2 Å². The fourth-order valence-electron chi connectivity index (χ4n) is 2.81. The second-order valence-corrected chi connectivity index (χ2v) is 7.19. The Bertz CT molecular complexity index is 879. The summed E-state index contributed by atoms with van der Waals surface area (Å²) in [4.78, 5) is 32.0. The highest BCUT2D eigenvalue weighted by Crippen LogP contribution is 2.28. The van der Waals surface area contributed by atoms with Crippen LogP contribution in [0.15, 0.2) is 18.2 Å². The normalized spacial score (nSPS) is 13.7. The summed E-state index contributed by atoms with van der Waals surface area (Å²) in [5.74, 6) is 0.120. The van der Waals surface area contributed by atoms with Gasteiger partial charge in [-0.25, -0.2) is 4.98 Å². The van der Waals surface area contributed by atoms with Crippen molar-refractivity contribution in [3.63, 3.8) is 0 Å². The smallest absolute Gasteiger partial charge is 0.281 e. The Morgan fingerprint density at radius 1 is 1.21 bits per heavy atom. The van der Waals surface area contributed by atoms with Crippen molar-refractivity contribution in [2.24, 2.45) is 0 Å². The second-order valence-electron chi connectivity index (χ2n) is 6.22. The number of morpholine rings is 1. The van der Waals surface area contributed by atoms with Gasteiger partial charge in [-0.05, 0) is 32.0 Å². The number of carbonyl (C=O) groups is 2. The van der Waals surface area contributed by atoms with E-state index in [2.05, 4.69) is 20.7 Å². The van der Waals surface area contributed by atoms with Crippen molar-refractivity contribution in [2.45, 2.75) is 13.8 Å². The average Bonchev–Trinajstić information content (AvgIpc) is 3.14. The van der Waals surface area contributed by atoms with E-state index in [0.29, 0.717) is 47.5 Å². The quantitative estimate of drug-likeness (QED) is 0.687. The van der Waals surface area contributed by atoms with Crippen LogP contribution in [0.3, 0.4) is 0 Å². The summed E-state index contributed by atoms with van der Waals surface area (Å²) in [6.45, 7) is 6.82. The molecule has 2 aromatic rings. The number of hydrazine groups is 1. The topological polar surface area (TPSA) is 102 Å². The van der Waals surface area contributed by atoms with E-state index < -0.39 is 11.8 Å². The lowest BCUT2D eigenvalue weighted by Crippen LogP contribution is -2.41. The van der Waals surface area contributed by atoms with E-state index >= 15 is 0 Å². The van der Waals surface area contributed by atoms with E-state index in [1.54, 1.807) is 25.1 Å². The molecule has 2 N–H and O–H groups in total. The number of anilines is 1. The highest BCUT2D eigenvalue weighted by atomic mass is 32.1. The van der Waals surface area contributed by atoms with Gasteiger partial charge < -0.3 is 19.1 Å². The van der Waals surface area contributed by atoms with Crippen LogP contribution in [0.4, 0.5) is 5.13 Å². The third-order valence-corrected chi connectivity index (χ3v) is 5.51. The third-order valence-electron chi connectivity index (χ3n) is 4.29. The van der Waals surface area contributed by atoms with Crippen LogP contribution in [-0.4, -0.2) is 56.8 Å². The predicted molar refractivity (Wildman–Crippen MR) is 109 cm³/mol. The summed E-state index contributed by atoms with van der Waals surface area (Å²) in [7, 11) is 1.53. The molecule has 29 heavy (non-hydrogen) atoms. The molecular formula is C19H24N4O5S. The maximum Gasteiger partial charge on any atom is 0.281 e. The lowest BCUT2D eigenvalue weighted by atomic mass is 10.2. The number of thiazole rings is 1. The molecule has 2 heterocycles. The number of aryl methyl sites for hydroxylation is 1. The Hall–Kier alpha value is -2.85. The summed E-state index contributed by atoms with van der Waals surface area (Å²) in [6, 6.07) is 4.80. The zero-order chi connectivity index (χ0) is 20.8. The standard InChI is InChI=1S/C19H24N4O5S/c1-4-28-15-11-13(5-6-14(15)26-3)17(24)21-22-18(25)16-12(2)20-19(29-16)23-7-9-27-10-8-23/h5-6,11H,4,7-10H2,1-3H3,(H,21,24)(H,22,25). The molecule has 10 heteroatoms. The number of benzene rings is 1. The van der Waals surface area contributed by atoms with Crippen molar-refractivity contribution in [3.8, 4) is 11.5 Å². The second kappa shape index (κ2) is 9.57. The number of nitrogens with one attached hydrogen (secondary N) is 2. The SMILES string of the molecule is CCOc1cc(C(=O)NNC(=O)c2sc(N3CCOCC3)nc2C)ccc1OC. The molecular weight excluding hydrogens is 396 g/mol. The minimum atomic E-state index is -0.461. The van der Waals surface area contributed by atoms with Gasteiger partial charge in [-0.15, -0.1) is 0 Å². The van der Waals surface area contributed by atoms with Crippen molar-refractivity contribution in [2.75, 3.05) is 44.9 Å². The fourth-order valence-corrected chi connectivity index (χ4v) is 3.83. The fraction of sp³-hybridized carbons (Fsp3) is 0.421. The first-order valence-electron chi connectivity index (χ1n) is 9.25. The van der Waals surface area contributed by atoms with E-state index in [9.17, 15) is 9.59 Å². The molecule has 1 aromatic carbocycles. The Balaban J connectivity index is 1.64. The van der Waals surface area contributed by atoms with Gasteiger partial charge in [0.05, 0.1) is 32.6 Å². The Kier molecular flexibility index (Phi) is 6.89. The molecule has 0 aliphatic carbocycles. The summed E-state index contributed by atoms with van der Waals surface area (Å²) < 4.78 is 16.0. The Morgan fingerprint density at radius 3 is 2.62 bits per heavy atom. The summed E-state index contributed by atoms with van der Waals surface area (Å²) >= 11 is 1.29. The van der Waals surface area contributed by atoms with Crippen LogP contribution in [0, 0.1) is 6.92 Å². The molecule has 0 bridgehead atoms. The molecule has 3 rings (SSSR count). The number of carbonyl (C=O) groups excluding carboxylic acids is 2. The zero-order valence-electron chi connectivity index (χ0n) is 16.6. The molecule has 156 valence electrons. The first-order valence-corrected chi connectivity index (χ1v) is 10.1. The molecule has 1 fully saturated rings. The molecule has 1 saturated heterocycles. The monoisotopic (exact) mass is 420 g/mol. The van der Waals surface area contributed by atoms with Gasteiger partial charge in [-0.1, -0.05) is 11.3 Å². The third kappa shape index (κ3) is 4.96. The lowest BCUT2D eigenvalue weighted by molar-refractivity contribution is 0.0848. The number of aromatic nitrogens is 1. The first-order chi connectivity index (χ1) is 14.0. The molecule has 0 spiro atoms. The van der Waals surface area contributed by atoms with E-state index in [4.69, 9.17) is 14.2 Å². The van der Waals surface area contributed by atoms with Crippen LogP contribution in [-0.2, 0) is 4.74 Å². The van der Waals surface area contributed by atoms with Gasteiger partial charge in [-0.2, -0.15) is 0 Å². The molecule has 1 aliphatic heterocycles.